The maximum atomic E-state index is 2.51. The summed E-state index contributed by atoms with van der Waals surface area (Å²) in [5, 5.41) is 0. The van der Waals surface area contributed by atoms with Gasteiger partial charge in [-0.2, -0.15) is 0 Å². The molecule has 15 heavy (non-hydrogen) atoms. The summed E-state index contributed by atoms with van der Waals surface area (Å²) in [5.41, 5.74) is 0.813. The lowest BCUT2D eigenvalue weighted by Crippen LogP contribution is -2.44. The van der Waals surface area contributed by atoms with E-state index in [1.165, 1.54) is 19.3 Å². The van der Waals surface area contributed by atoms with Crippen molar-refractivity contribution in [3.05, 3.63) is 0 Å². The molecule has 3 aliphatic carbocycles. The third-order valence-electron chi connectivity index (χ3n) is 6.36. The Morgan fingerprint density at radius 3 is 2.07 bits per heavy atom. The highest BCUT2D eigenvalue weighted by atomic mass is 14.6. The first kappa shape index (κ1) is 10.2. The molecule has 0 saturated heterocycles. The Morgan fingerprint density at radius 2 is 1.53 bits per heavy atom. The molecule has 0 nitrogen and oxygen atoms in total. The molecule has 0 N–H and O–H groups in total. The molecule has 3 rings (SSSR count). The summed E-state index contributed by atoms with van der Waals surface area (Å²) in [6, 6.07) is 0. The molecule has 3 atom stereocenters. The van der Waals surface area contributed by atoms with E-state index in [1.54, 1.807) is 32.1 Å². The Labute approximate surface area is 94.8 Å². The van der Waals surface area contributed by atoms with Gasteiger partial charge < -0.3 is 0 Å². The lowest BCUT2D eigenvalue weighted by molar-refractivity contribution is -0.0314. The van der Waals surface area contributed by atoms with Crippen LogP contribution in [0.25, 0.3) is 0 Å². The van der Waals surface area contributed by atoms with Gasteiger partial charge in [0.25, 0.3) is 0 Å². The van der Waals surface area contributed by atoms with Gasteiger partial charge in [0.15, 0.2) is 0 Å². The molecule has 0 heteroatoms. The second kappa shape index (κ2) is 3.50. The quantitative estimate of drug-likeness (QED) is 0.586. The van der Waals surface area contributed by atoms with Gasteiger partial charge in [0.05, 0.1) is 0 Å². The van der Waals surface area contributed by atoms with Crippen molar-refractivity contribution in [2.24, 2.45) is 29.1 Å². The summed E-state index contributed by atoms with van der Waals surface area (Å²) in [4.78, 5) is 0. The molecule has 0 bridgehead atoms. The topological polar surface area (TPSA) is 0 Å². The van der Waals surface area contributed by atoms with Gasteiger partial charge in [-0.25, -0.2) is 0 Å². The molecule has 3 unspecified atom stereocenters. The van der Waals surface area contributed by atoms with E-state index in [-0.39, 0.29) is 0 Å². The zero-order chi connectivity index (χ0) is 10.5. The Morgan fingerprint density at radius 1 is 0.867 bits per heavy atom. The van der Waals surface area contributed by atoms with Crippen LogP contribution in [0.15, 0.2) is 0 Å². The van der Waals surface area contributed by atoms with Crippen LogP contribution in [0, 0.1) is 29.1 Å². The van der Waals surface area contributed by atoms with Crippen molar-refractivity contribution < 1.29 is 0 Å². The lowest BCUT2D eigenvalue weighted by atomic mass is 9.53. The van der Waals surface area contributed by atoms with Gasteiger partial charge >= 0.3 is 0 Å². The minimum absolute atomic E-state index is 0.813. The first-order chi connectivity index (χ1) is 7.22. The zero-order valence-corrected chi connectivity index (χ0v) is 10.5. The monoisotopic (exact) mass is 206 g/mol. The van der Waals surface area contributed by atoms with E-state index in [0.29, 0.717) is 0 Å². The van der Waals surface area contributed by atoms with Crippen LogP contribution in [0.2, 0.25) is 0 Å². The summed E-state index contributed by atoms with van der Waals surface area (Å²) in [7, 11) is 0. The molecule has 0 aromatic carbocycles. The molecule has 86 valence electrons. The minimum atomic E-state index is 0.813. The second-order valence-electron chi connectivity index (χ2n) is 6.82. The molecule has 0 aromatic heterocycles. The molecule has 0 amide bonds. The molecule has 0 heterocycles. The van der Waals surface area contributed by atoms with E-state index < -0.39 is 0 Å². The molecule has 0 aromatic rings. The van der Waals surface area contributed by atoms with Gasteiger partial charge in [0.2, 0.25) is 0 Å². The van der Waals surface area contributed by atoms with E-state index in [4.69, 9.17) is 0 Å². The third kappa shape index (κ3) is 1.40. The summed E-state index contributed by atoms with van der Waals surface area (Å²) < 4.78 is 0. The molecule has 3 fully saturated rings. The van der Waals surface area contributed by atoms with Crippen LogP contribution in [0.4, 0.5) is 0 Å². The van der Waals surface area contributed by atoms with Gasteiger partial charge in [0.1, 0.15) is 0 Å². The SMILES string of the molecule is CC1CC(C)C12CCC(C1CCCC1)C2. The number of hydrogen-bond donors (Lipinski definition) is 0. The van der Waals surface area contributed by atoms with Crippen molar-refractivity contribution in [1.82, 2.24) is 0 Å². The second-order valence-corrected chi connectivity index (χ2v) is 6.82. The van der Waals surface area contributed by atoms with Crippen LogP contribution in [0.3, 0.4) is 0 Å². The van der Waals surface area contributed by atoms with E-state index >= 15 is 0 Å². The number of hydrogen-bond acceptors (Lipinski definition) is 0. The van der Waals surface area contributed by atoms with Crippen molar-refractivity contribution in [2.75, 3.05) is 0 Å². The number of rotatable bonds is 1. The van der Waals surface area contributed by atoms with Crippen LogP contribution in [0.5, 0.6) is 0 Å². The summed E-state index contributed by atoms with van der Waals surface area (Å²) in [5.74, 6) is 4.33. The fourth-order valence-electron chi connectivity index (χ4n) is 5.20. The fourth-order valence-corrected chi connectivity index (χ4v) is 5.20. The predicted octanol–water partition coefficient (Wildman–Crippen LogP) is 4.64. The summed E-state index contributed by atoms with van der Waals surface area (Å²) in [6.07, 6.45) is 12.4. The van der Waals surface area contributed by atoms with Crippen LogP contribution in [-0.2, 0) is 0 Å². The molecular weight excluding hydrogens is 180 g/mol. The van der Waals surface area contributed by atoms with Crippen molar-refractivity contribution in [3.63, 3.8) is 0 Å². The third-order valence-corrected chi connectivity index (χ3v) is 6.36. The molecular formula is C15H26. The van der Waals surface area contributed by atoms with Crippen LogP contribution >= 0.6 is 0 Å². The highest BCUT2D eigenvalue weighted by Crippen LogP contribution is 2.63. The van der Waals surface area contributed by atoms with Crippen molar-refractivity contribution in [2.45, 2.75) is 65.2 Å². The highest BCUT2D eigenvalue weighted by molar-refractivity contribution is 5.04. The van der Waals surface area contributed by atoms with Crippen LogP contribution < -0.4 is 0 Å². The van der Waals surface area contributed by atoms with Crippen LogP contribution in [-0.4, -0.2) is 0 Å². The first-order valence-corrected chi connectivity index (χ1v) is 7.22. The average molecular weight is 206 g/mol. The highest BCUT2D eigenvalue weighted by Gasteiger charge is 2.54. The van der Waals surface area contributed by atoms with E-state index in [1.807, 2.05) is 0 Å². The van der Waals surface area contributed by atoms with Gasteiger partial charge in [0, 0.05) is 0 Å². The fraction of sp³-hybridized carbons (Fsp3) is 1.00. The standard InChI is InChI=1S/C15H26/c1-11-9-12(2)15(11)8-7-14(10-15)13-5-3-4-6-13/h11-14H,3-10H2,1-2H3. The first-order valence-electron chi connectivity index (χ1n) is 7.22. The summed E-state index contributed by atoms with van der Waals surface area (Å²) >= 11 is 0. The Bertz CT molecular complexity index is 228. The molecule has 3 aliphatic rings. The van der Waals surface area contributed by atoms with Gasteiger partial charge in [-0.15, -0.1) is 0 Å². The van der Waals surface area contributed by atoms with Gasteiger partial charge in [-0.05, 0) is 54.8 Å². The average Bonchev–Trinajstić information content (AvgIpc) is 2.88. The zero-order valence-electron chi connectivity index (χ0n) is 10.5. The van der Waals surface area contributed by atoms with Crippen molar-refractivity contribution in [1.29, 1.82) is 0 Å². The Kier molecular flexibility index (Phi) is 2.37. The largest absolute Gasteiger partial charge is 0.0620 e. The van der Waals surface area contributed by atoms with E-state index in [9.17, 15) is 0 Å². The normalized spacial score (nSPS) is 51.2. The molecule has 1 spiro atoms. The van der Waals surface area contributed by atoms with Crippen molar-refractivity contribution >= 4 is 0 Å². The van der Waals surface area contributed by atoms with E-state index in [2.05, 4.69) is 13.8 Å². The molecule has 0 aliphatic heterocycles. The predicted molar refractivity (Wildman–Crippen MR) is 64.7 cm³/mol. The lowest BCUT2D eigenvalue weighted by Gasteiger charge is -2.52. The molecule has 3 saturated carbocycles. The minimum Gasteiger partial charge on any atom is -0.0620 e. The van der Waals surface area contributed by atoms with Crippen molar-refractivity contribution in [3.8, 4) is 0 Å². The van der Waals surface area contributed by atoms with Gasteiger partial charge in [-0.1, -0.05) is 39.5 Å². The Balaban J connectivity index is 1.67. The summed E-state index contributed by atoms with van der Waals surface area (Å²) in [6.45, 7) is 5.02. The maximum absolute atomic E-state index is 2.51. The van der Waals surface area contributed by atoms with Crippen LogP contribution in [0.1, 0.15) is 65.2 Å². The smallest absolute Gasteiger partial charge is 0.0243 e. The Hall–Kier alpha value is 0. The van der Waals surface area contributed by atoms with E-state index in [0.717, 1.165) is 29.1 Å². The van der Waals surface area contributed by atoms with Gasteiger partial charge in [-0.3, -0.25) is 0 Å². The maximum Gasteiger partial charge on any atom is -0.0243 e. The molecule has 0 radical (unpaired) electrons.